The van der Waals surface area contributed by atoms with Crippen LogP contribution in [-0.4, -0.2) is 49.7 Å². The molecule has 1 saturated heterocycles. The van der Waals surface area contributed by atoms with E-state index in [4.69, 9.17) is 4.98 Å². The normalized spacial score (nSPS) is 17.9. The smallest absolute Gasteiger partial charge is 0.254 e. The fourth-order valence-corrected chi connectivity index (χ4v) is 5.15. The van der Waals surface area contributed by atoms with E-state index in [-0.39, 0.29) is 30.0 Å². The summed E-state index contributed by atoms with van der Waals surface area (Å²) >= 11 is 1.57. The van der Waals surface area contributed by atoms with E-state index < -0.39 is 0 Å². The fraction of sp³-hybridized carbons (Fsp3) is 0.348. The number of pyridine rings is 1. The maximum Gasteiger partial charge on any atom is 0.254 e. The highest BCUT2D eigenvalue weighted by atomic mass is 32.1. The Morgan fingerprint density at radius 1 is 1.19 bits per heavy atom. The summed E-state index contributed by atoms with van der Waals surface area (Å²) in [7, 11) is 0. The van der Waals surface area contributed by atoms with Crippen molar-refractivity contribution in [2.24, 2.45) is 0 Å². The Labute approximate surface area is 188 Å². The number of fused-ring (bicyclic) bond motifs is 1. The van der Waals surface area contributed by atoms with E-state index in [9.17, 15) is 14.4 Å². The average molecular weight is 450 g/mol. The number of aromatic amines is 1. The monoisotopic (exact) mass is 449 g/mol. The molecular formula is C23H23N5O3S. The minimum absolute atomic E-state index is 0.0424. The third-order valence-corrected chi connectivity index (χ3v) is 6.86. The Bertz CT molecular complexity index is 1190. The first kappa shape index (κ1) is 20.6. The minimum Gasteiger partial charge on any atom is -0.332 e. The molecule has 9 heteroatoms. The summed E-state index contributed by atoms with van der Waals surface area (Å²) in [5, 5.41) is 3.95. The van der Waals surface area contributed by atoms with Crippen LogP contribution in [0.2, 0.25) is 0 Å². The van der Waals surface area contributed by atoms with Gasteiger partial charge in [0.2, 0.25) is 5.91 Å². The first-order valence-electron chi connectivity index (χ1n) is 10.7. The number of H-pyrrole nitrogens is 1. The van der Waals surface area contributed by atoms with E-state index in [1.165, 1.54) is 0 Å². The molecule has 0 aliphatic carbocycles. The van der Waals surface area contributed by atoms with Crippen LogP contribution in [0.5, 0.6) is 0 Å². The topological polar surface area (TPSA) is 99.3 Å². The summed E-state index contributed by atoms with van der Waals surface area (Å²) in [6, 6.07) is 5.08. The minimum atomic E-state index is -0.245. The van der Waals surface area contributed by atoms with Gasteiger partial charge in [-0.15, -0.1) is 0 Å². The van der Waals surface area contributed by atoms with Gasteiger partial charge in [-0.25, -0.2) is 4.98 Å². The van der Waals surface area contributed by atoms with E-state index in [2.05, 4.69) is 9.97 Å². The predicted molar refractivity (Wildman–Crippen MR) is 119 cm³/mol. The number of likely N-dealkylation sites (tertiary alicyclic amines) is 1. The van der Waals surface area contributed by atoms with Gasteiger partial charge < -0.3 is 14.8 Å². The third kappa shape index (κ3) is 3.95. The molecule has 0 spiro atoms. The molecule has 1 N–H and O–H groups in total. The van der Waals surface area contributed by atoms with Crippen LogP contribution >= 0.6 is 11.3 Å². The van der Waals surface area contributed by atoms with Gasteiger partial charge in [-0.05, 0) is 53.8 Å². The Morgan fingerprint density at radius 3 is 2.81 bits per heavy atom. The number of nitrogens with one attached hydrogen (secondary N) is 1. The van der Waals surface area contributed by atoms with Crippen molar-refractivity contribution in [3.8, 4) is 0 Å². The van der Waals surface area contributed by atoms with Crippen LogP contribution in [0, 0.1) is 0 Å². The fourth-order valence-electron chi connectivity index (χ4n) is 4.49. The number of carbonyl (C=O) groups is 2. The molecule has 5 rings (SSSR count). The molecule has 0 saturated carbocycles. The number of aromatic nitrogens is 3. The number of amides is 2. The maximum absolute atomic E-state index is 12.9. The van der Waals surface area contributed by atoms with Crippen LogP contribution in [0.3, 0.4) is 0 Å². The van der Waals surface area contributed by atoms with Gasteiger partial charge in [0.1, 0.15) is 5.82 Å². The molecule has 2 aliphatic rings. The Kier molecular flexibility index (Phi) is 5.57. The summed E-state index contributed by atoms with van der Waals surface area (Å²) in [4.78, 5) is 53.8. The maximum atomic E-state index is 12.9. The number of carbonyl (C=O) groups excluding carboxylic acids is 2. The first-order valence-corrected chi connectivity index (χ1v) is 11.7. The van der Waals surface area contributed by atoms with Crippen LogP contribution in [0.1, 0.15) is 51.9 Å². The number of thiophene rings is 1. The number of rotatable bonds is 4. The van der Waals surface area contributed by atoms with Crippen molar-refractivity contribution in [3.63, 3.8) is 0 Å². The highest BCUT2D eigenvalue weighted by Gasteiger charge is 2.33. The lowest BCUT2D eigenvalue weighted by atomic mass is 10.0. The van der Waals surface area contributed by atoms with Gasteiger partial charge in [0.15, 0.2) is 0 Å². The van der Waals surface area contributed by atoms with Gasteiger partial charge in [-0.1, -0.05) is 0 Å². The van der Waals surface area contributed by atoms with Crippen molar-refractivity contribution in [1.82, 2.24) is 24.8 Å². The quantitative estimate of drug-likeness (QED) is 0.659. The lowest BCUT2D eigenvalue weighted by Gasteiger charge is -2.29. The Morgan fingerprint density at radius 2 is 2.03 bits per heavy atom. The lowest BCUT2D eigenvalue weighted by molar-refractivity contribution is -0.131. The van der Waals surface area contributed by atoms with Gasteiger partial charge in [0, 0.05) is 36.6 Å². The Balaban J connectivity index is 1.38. The summed E-state index contributed by atoms with van der Waals surface area (Å²) < 4.78 is 0. The average Bonchev–Trinajstić information content (AvgIpc) is 3.51. The van der Waals surface area contributed by atoms with Crippen molar-refractivity contribution < 1.29 is 9.59 Å². The molecule has 2 aliphatic heterocycles. The van der Waals surface area contributed by atoms with Crippen LogP contribution < -0.4 is 5.56 Å². The van der Waals surface area contributed by atoms with E-state index in [1.54, 1.807) is 40.8 Å². The van der Waals surface area contributed by atoms with Gasteiger partial charge >= 0.3 is 0 Å². The van der Waals surface area contributed by atoms with Crippen LogP contribution in [0.15, 0.2) is 46.1 Å². The zero-order valence-corrected chi connectivity index (χ0v) is 18.3. The standard InChI is InChI=1S/C23H23N5O3S/c29-20(12-15-6-11-32-14-15)28-9-1-2-19(28)21-25-18-13-27(10-5-17(18)22(30)26-21)23(31)16-3-7-24-8-4-16/h3-4,6-8,11,14,19H,1-2,5,9-10,12-13H2,(H,25,26,30)/t19-/m0/s1. The number of hydrogen-bond donors (Lipinski definition) is 1. The van der Waals surface area contributed by atoms with Gasteiger partial charge in [0.25, 0.3) is 11.5 Å². The largest absolute Gasteiger partial charge is 0.332 e. The van der Waals surface area contributed by atoms with E-state index in [0.29, 0.717) is 48.6 Å². The molecule has 32 heavy (non-hydrogen) atoms. The summed E-state index contributed by atoms with van der Waals surface area (Å²) in [6.45, 7) is 1.40. The third-order valence-electron chi connectivity index (χ3n) is 6.13. The molecule has 3 aromatic heterocycles. The molecule has 0 radical (unpaired) electrons. The molecule has 3 aromatic rings. The van der Waals surface area contributed by atoms with E-state index in [1.807, 2.05) is 21.7 Å². The molecule has 8 nitrogen and oxygen atoms in total. The SMILES string of the molecule is O=C(c1ccncc1)N1CCc2c(nc([C@@H]3CCCN3C(=O)Cc3ccsc3)[nH]c2=O)C1. The first-order chi connectivity index (χ1) is 15.6. The van der Waals surface area contributed by atoms with E-state index in [0.717, 1.165) is 18.4 Å². The highest BCUT2D eigenvalue weighted by Crippen LogP contribution is 2.31. The van der Waals surface area contributed by atoms with Crippen molar-refractivity contribution in [2.75, 3.05) is 13.1 Å². The molecular weight excluding hydrogens is 426 g/mol. The summed E-state index contributed by atoms with van der Waals surface area (Å²) in [6.07, 6.45) is 5.62. The van der Waals surface area contributed by atoms with E-state index >= 15 is 0 Å². The molecule has 0 bridgehead atoms. The predicted octanol–water partition coefficient (Wildman–Crippen LogP) is 2.33. The second-order valence-corrected chi connectivity index (χ2v) is 8.92. The van der Waals surface area contributed by atoms with Gasteiger partial charge in [0.05, 0.1) is 24.7 Å². The number of hydrogen-bond acceptors (Lipinski definition) is 6. The van der Waals surface area contributed by atoms with Crippen molar-refractivity contribution in [2.45, 2.75) is 38.3 Å². The molecule has 1 atom stereocenters. The second-order valence-electron chi connectivity index (χ2n) is 8.14. The lowest BCUT2D eigenvalue weighted by Crippen LogP contribution is -2.40. The summed E-state index contributed by atoms with van der Waals surface area (Å²) in [5.41, 5.74) is 2.65. The molecule has 164 valence electrons. The van der Waals surface area contributed by atoms with Crippen LogP contribution in [0.4, 0.5) is 0 Å². The molecule has 2 amide bonds. The highest BCUT2D eigenvalue weighted by molar-refractivity contribution is 7.08. The number of nitrogens with zero attached hydrogens (tertiary/aromatic N) is 4. The van der Waals surface area contributed by atoms with Crippen LogP contribution in [0.25, 0.3) is 0 Å². The van der Waals surface area contributed by atoms with Crippen molar-refractivity contribution in [1.29, 1.82) is 0 Å². The molecule has 0 unspecified atom stereocenters. The zero-order chi connectivity index (χ0) is 22.1. The molecule has 0 aromatic carbocycles. The Hall–Kier alpha value is -3.33. The summed E-state index contributed by atoms with van der Waals surface area (Å²) in [5.74, 6) is 0.457. The molecule has 1 fully saturated rings. The molecule has 5 heterocycles. The van der Waals surface area contributed by atoms with Crippen molar-refractivity contribution in [3.05, 3.63) is 79.9 Å². The zero-order valence-electron chi connectivity index (χ0n) is 17.5. The van der Waals surface area contributed by atoms with Crippen molar-refractivity contribution >= 4 is 23.2 Å². The van der Waals surface area contributed by atoms with Gasteiger partial charge in [-0.3, -0.25) is 19.4 Å². The van der Waals surface area contributed by atoms with Gasteiger partial charge in [-0.2, -0.15) is 11.3 Å². The van der Waals surface area contributed by atoms with Crippen LogP contribution in [-0.2, 0) is 24.2 Å². The second kappa shape index (κ2) is 8.66.